The highest BCUT2D eigenvalue weighted by molar-refractivity contribution is 7.80. The van der Waals surface area contributed by atoms with Gasteiger partial charge in [-0.3, -0.25) is 0 Å². The van der Waals surface area contributed by atoms with E-state index in [0.29, 0.717) is 0 Å². The summed E-state index contributed by atoms with van der Waals surface area (Å²) < 4.78 is 1.32. The summed E-state index contributed by atoms with van der Waals surface area (Å²) in [5.74, 6) is 0.942. The Labute approximate surface area is 98.3 Å². The highest BCUT2D eigenvalue weighted by Crippen LogP contribution is 2.29. The molecule has 0 nitrogen and oxygen atoms in total. The van der Waals surface area contributed by atoms with Crippen molar-refractivity contribution in [2.75, 3.05) is 5.75 Å². The van der Waals surface area contributed by atoms with Crippen LogP contribution in [-0.2, 0) is 6.42 Å². The second-order valence-electron chi connectivity index (χ2n) is 3.23. The van der Waals surface area contributed by atoms with Crippen LogP contribution in [-0.4, -0.2) is 5.75 Å². The summed E-state index contributed by atoms with van der Waals surface area (Å²) in [4.78, 5) is 0. The van der Waals surface area contributed by atoms with Crippen molar-refractivity contribution in [2.24, 2.45) is 0 Å². The van der Waals surface area contributed by atoms with Gasteiger partial charge in [0.1, 0.15) is 0 Å². The fourth-order valence-electron chi connectivity index (χ4n) is 1.52. The lowest BCUT2D eigenvalue weighted by atomic mass is 10.1. The van der Waals surface area contributed by atoms with Crippen molar-refractivity contribution in [1.82, 2.24) is 0 Å². The van der Waals surface area contributed by atoms with E-state index in [2.05, 4.69) is 30.1 Å². The topological polar surface area (TPSA) is 0 Å². The van der Waals surface area contributed by atoms with E-state index in [4.69, 9.17) is 11.6 Å². The number of aryl methyl sites for hydroxylation is 1. The Hall–Kier alpha value is -0.180. The maximum Gasteiger partial charge on any atom is 0.0413 e. The molecule has 1 aromatic carbocycles. The zero-order valence-corrected chi connectivity index (χ0v) is 10.1. The van der Waals surface area contributed by atoms with Crippen LogP contribution in [0.15, 0.2) is 23.6 Å². The molecule has 0 bridgehead atoms. The summed E-state index contributed by atoms with van der Waals surface area (Å²) in [5.41, 5.74) is 1.40. The molecule has 0 atom stereocenters. The molecule has 0 aliphatic heterocycles. The SMILES string of the molecule is SCCCc1csc2ccc(Cl)cc12. The number of hydrogen-bond donors (Lipinski definition) is 1. The van der Waals surface area contributed by atoms with Crippen LogP contribution < -0.4 is 0 Å². The normalized spacial score (nSPS) is 11.0. The van der Waals surface area contributed by atoms with Gasteiger partial charge in [0.25, 0.3) is 0 Å². The Balaban J connectivity index is 2.40. The minimum Gasteiger partial charge on any atom is -0.179 e. The molecule has 2 rings (SSSR count). The van der Waals surface area contributed by atoms with Crippen LogP contribution in [0.4, 0.5) is 0 Å². The number of thiophene rings is 1. The van der Waals surface area contributed by atoms with Crippen LogP contribution in [0, 0.1) is 0 Å². The van der Waals surface area contributed by atoms with Gasteiger partial charge in [-0.1, -0.05) is 11.6 Å². The molecule has 0 saturated heterocycles. The lowest BCUT2D eigenvalue weighted by molar-refractivity contribution is 0.948. The minimum absolute atomic E-state index is 0.822. The van der Waals surface area contributed by atoms with Gasteiger partial charge in [-0.2, -0.15) is 12.6 Å². The maximum atomic E-state index is 5.97. The van der Waals surface area contributed by atoms with E-state index < -0.39 is 0 Å². The molecule has 14 heavy (non-hydrogen) atoms. The van der Waals surface area contributed by atoms with Crippen LogP contribution in [0.3, 0.4) is 0 Å². The first kappa shape index (κ1) is 10.3. The second kappa shape index (κ2) is 4.56. The van der Waals surface area contributed by atoms with Gasteiger partial charge in [-0.25, -0.2) is 0 Å². The monoisotopic (exact) mass is 242 g/mol. The highest BCUT2D eigenvalue weighted by Gasteiger charge is 2.03. The van der Waals surface area contributed by atoms with Crippen LogP contribution in [0.5, 0.6) is 0 Å². The summed E-state index contributed by atoms with van der Waals surface area (Å²) in [6.07, 6.45) is 2.23. The van der Waals surface area contributed by atoms with Gasteiger partial charge in [-0.05, 0) is 53.1 Å². The third-order valence-corrected chi connectivity index (χ3v) is 3.78. The van der Waals surface area contributed by atoms with Crippen molar-refractivity contribution in [3.05, 3.63) is 34.2 Å². The minimum atomic E-state index is 0.822. The average Bonchev–Trinajstić information content (AvgIpc) is 2.57. The molecule has 0 aliphatic carbocycles. The molecule has 0 fully saturated rings. The van der Waals surface area contributed by atoms with E-state index in [1.807, 2.05) is 6.07 Å². The number of hydrogen-bond acceptors (Lipinski definition) is 2. The van der Waals surface area contributed by atoms with E-state index in [-0.39, 0.29) is 0 Å². The molecule has 0 amide bonds. The maximum absolute atomic E-state index is 5.97. The molecule has 0 saturated carbocycles. The van der Waals surface area contributed by atoms with Crippen LogP contribution in [0.1, 0.15) is 12.0 Å². The summed E-state index contributed by atoms with van der Waals surface area (Å²) in [5, 5.41) is 4.36. The Bertz CT molecular complexity index is 434. The Morgan fingerprint density at radius 2 is 2.21 bits per heavy atom. The molecule has 0 N–H and O–H groups in total. The van der Waals surface area contributed by atoms with Crippen molar-refractivity contribution < 1.29 is 0 Å². The molecule has 0 unspecified atom stereocenters. The first-order chi connectivity index (χ1) is 6.81. The van der Waals surface area contributed by atoms with E-state index in [1.54, 1.807) is 11.3 Å². The van der Waals surface area contributed by atoms with Crippen molar-refractivity contribution in [2.45, 2.75) is 12.8 Å². The number of halogens is 1. The molecule has 0 aliphatic rings. The van der Waals surface area contributed by atoms with Gasteiger partial charge >= 0.3 is 0 Å². The second-order valence-corrected chi connectivity index (χ2v) is 5.02. The predicted octanol–water partition coefficient (Wildman–Crippen LogP) is 4.42. The number of thiol groups is 1. The third kappa shape index (κ3) is 2.08. The fraction of sp³-hybridized carbons (Fsp3) is 0.273. The van der Waals surface area contributed by atoms with Crippen LogP contribution in [0.25, 0.3) is 10.1 Å². The van der Waals surface area contributed by atoms with Crippen LogP contribution in [0.2, 0.25) is 5.02 Å². The zero-order valence-electron chi connectivity index (χ0n) is 7.66. The third-order valence-electron chi connectivity index (χ3n) is 2.22. The van der Waals surface area contributed by atoms with E-state index in [1.165, 1.54) is 15.6 Å². The Kier molecular flexibility index (Phi) is 3.37. The van der Waals surface area contributed by atoms with Gasteiger partial charge in [0.2, 0.25) is 0 Å². The average molecular weight is 243 g/mol. The van der Waals surface area contributed by atoms with Gasteiger partial charge in [-0.15, -0.1) is 11.3 Å². The zero-order chi connectivity index (χ0) is 9.97. The lowest BCUT2D eigenvalue weighted by Crippen LogP contribution is -1.83. The van der Waals surface area contributed by atoms with Gasteiger partial charge in [0.15, 0.2) is 0 Å². The fourth-order valence-corrected chi connectivity index (χ4v) is 2.82. The molecular formula is C11H11ClS2. The molecule has 1 aromatic heterocycles. The summed E-state index contributed by atoms with van der Waals surface area (Å²) >= 11 is 12.0. The van der Waals surface area contributed by atoms with Crippen molar-refractivity contribution in [3.63, 3.8) is 0 Å². The summed E-state index contributed by atoms with van der Waals surface area (Å²) in [6, 6.07) is 6.09. The van der Waals surface area contributed by atoms with Gasteiger partial charge in [0, 0.05) is 9.72 Å². The highest BCUT2D eigenvalue weighted by atomic mass is 35.5. The molecule has 0 radical (unpaired) electrons. The van der Waals surface area contributed by atoms with Crippen molar-refractivity contribution in [1.29, 1.82) is 0 Å². The molecule has 3 heteroatoms. The molecule has 1 heterocycles. The number of fused-ring (bicyclic) bond motifs is 1. The van der Waals surface area contributed by atoms with Crippen LogP contribution >= 0.6 is 35.6 Å². The van der Waals surface area contributed by atoms with E-state index in [9.17, 15) is 0 Å². The quantitative estimate of drug-likeness (QED) is 0.757. The smallest absolute Gasteiger partial charge is 0.0413 e. The first-order valence-corrected chi connectivity index (χ1v) is 6.47. The van der Waals surface area contributed by atoms with E-state index >= 15 is 0 Å². The summed E-state index contributed by atoms with van der Waals surface area (Å²) in [7, 11) is 0. The molecule has 74 valence electrons. The molecule has 2 aromatic rings. The van der Waals surface area contributed by atoms with Gasteiger partial charge in [0.05, 0.1) is 0 Å². The molecule has 0 spiro atoms. The Morgan fingerprint density at radius 1 is 1.36 bits per heavy atom. The van der Waals surface area contributed by atoms with E-state index in [0.717, 1.165) is 23.6 Å². The lowest BCUT2D eigenvalue weighted by Gasteiger charge is -1.97. The number of rotatable bonds is 3. The number of benzene rings is 1. The van der Waals surface area contributed by atoms with Crippen molar-refractivity contribution in [3.8, 4) is 0 Å². The summed E-state index contributed by atoms with van der Waals surface area (Å²) in [6.45, 7) is 0. The predicted molar refractivity (Wildman–Crippen MR) is 69.0 cm³/mol. The largest absolute Gasteiger partial charge is 0.179 e. The standard InChI is InChI=1S/C11H11ClS2/c12-9-3-4-11-10(6-9)8(7-14-11)2-1-5-13/h3-4,6-7,13H,1-2,5H2. The van der Waals surface area contributed by atoms with Gasteiger partial charge < -0.3 is 0 Å². The van der Waals surface area contributed by atoms with Crippen molar-refractivity contribution >= 4 is 45.7 Å². The first-order valence-electron chi connectivity index (χ1n) is 4.58. The molecular weight excluding hydrogens is 232 g/mol. The Morgan fingerprint density at radius 3 is 3.00 bits per heavy atom.